The Morgan fingerprint density at radius 2 is 1.54 bits per heavy atom. The second-order valence-electron chi connectivity index (χ2n) is 6.41. The second kappa shape index (κ2) is 9.46. The normalized spacial score (nSPS) is 11.5. The fourth-order valence-electron chi connectivity index (χ4n) is 2.93. The molecule has 0 fully saturated rings. The second-order valence-corrected chi connectivity index (χ2v) is 6.41. The lowest BCUT2D eigenvalue weighted by Crippen LogP contribution is -2.39. The maximum absolute atomic E-state index is 13.2. The maximum Gasteiger partial charge on any atom is 0.251 e. The van der Waals surface area contributed by atoms with Crippen LogP contribution in [-0.4, -0.2) is 18.4 Å². The maximum atomic E-state index is 13.2. The van der Waals surface area contributed by atoms with Crippen LogP contribution in [0.2, 0.25) is 0 Å². The Kier molecular flexibility index (Phi) is 6.52. The van der Waals surface area contributed by atoms with Crippen LogP contribution in [0, 0.1) is 5.82 Å². The number of hydrogen-bond donors (Lipinski definition) is 2. The zero-order valence-corrected chi connectivity index (χ0v) is 15.3. The number of amides is 2. The Morgan fingerprint density at radius 3 is 2.21 bits per heavy atom. The van der Waals surface area contributed by atoms with E-state index in [9.17, 15) is 14.0 Å². The van der Waals surface area contributed by atoms with E-state index in [1.807, 2.05) is 60.7 Å². The topological polar surface area (TPSA) is 58.2 Å². The fraction of sp³-hybridized carbons (Fsp3) is 0.130. The summed E-state index contributed by atoms with van der Waals surface area (Å²) in [5.74, 6) is -1.30. The van der Waals surface area contributed by atoms with Crippen LogP contribution in [0.5, 0.6) is 0 Å². The molecular formula is C23H21FN2O2. The Labute approximate surface area is 163 Å². The van der Waals surface area contributed by atoms with Gasteiger partial charge in [-0.2, -0.15) is 0 Å². The van der Waals surface area contributed by atoms with Gasteiger partial charge in [0.05, 0.1) is 12.6 Å². The Balaban J connectivity index is 1.63. The van der Waals surface area contributed by atoms with E-state index < -0.39 is 11.7 Å². The van der Waals surface area contributed by atoms with Gasteiger partial charge in [0.25, 0.3) is 5.91 Å². The third kappa shape index (κ3) is 5.51. The molecule has 142 valence electrons. The predicted molar refractivity (Wildman–Crippen MR) is 106 cm³/mol. The molecule has 0 aliphatic heterocycles. The molecule has 1 atom stereocenters. The number of nitrogens with one attached hydrogen (secondary N) is 2. The van der Waals surface area contributed by atoms with Crippen LogP contribution < -0.4 is 10.6 Å². The molecule has 1 unspecified atom stereocenters. The summed E-state index contributed by atoms with van der Waals surface area (Å²) in [5, 5.41) is 5.50. The number of carbonyl (C=O) groups is 2. The quantitative estimate of drug-likeness (QED) is 0.661. The summed E-state index contributed by atoms with van der Waals surface area (Å²) in [6, 6.07) is 24.7. The highest BCUT2D eigenvalue weighted by Gasteiger charge is 2.16. The van der Waals surface area contributed by atoms with Crippen molar-refractivity contribution < 1.29 is 14.0 Å². The first kappa shape index (κ1) is 19.3. The van der Waals surface area contributed by atoms with Crippen molar-refractivity contribution in [3.63, 3.8) is 0 Å². The van der Waals surface area contributed by atoms with E-state index in [2.05, 4.69) is 10.6 Å². The molecule has 2 N–H and O–H groups in total. The van der Waals surface area contributed by atoms with Gasteiger partial charge in [-0.3, -0.25) is 9.59 Å². The van der Waals surface area contributed by atoms with Crippen molar-refractivity contribution in [2.45, 2.75) is 12.5 Å². The van der Waals surface area contributed by atoms with E-state index >= 15 is 0 Å². The van der Waals surface area contributed by atoms with Crippen molar-refractivity contribution in [3.8, 4) is 0 Å². The standard InChI is InChI=1S/C23H21FN2O2/c24-20-13-7-12-19(15-20)23(28)25-16-22(27)26-21(18-10-5-2-6-11-18)14-17-8-3-1-4-9-17/h1-13,15,21H,14,16H2,(H,25,28)(H,26,27). The van der Waals surface area contributed by atoms with Crippen molar-refractivity contribution in [3.05, 3.63) is 107 Å². The van der Waals surface area contributed by atoms with E-state index in [0.29, 0.717) is 6.42 Å². The molecule has 0 aliphatic rings. The molecule has 0 radical (unpaired) electrons. The molecule has 3 aromatic rings. The number of benzene rings is 3. The molecule has 0 aromatic heterocycles. The molecule has 0 heterocycles. The summed E-state index contributed by atoms with van der Waals surface area (Å²) in [6.07, 6.45) is 0.633. The van der Waals surface area contributed by atoms with Crippen molar-refractivity contribution >= 4 is 11.8 Å². The van der Waals surface area contributed by atoms with Gasteiger partial charge in [0.15, 0.2) is 0 Å². The molecule has 0 saturated heterocycles. The predicted octanol–water partition coefficient (Wildman–Crippen LogP) is 3.66. The third-order valence-electron chi connectivity index (χ3n) is 4.32. The highest BCUT2D eigenvalue weighted by atomic mass is 19.1. The molecule has 5 heteroatoms. The van der Waals surface area contributed by atoms with Crippen molar-refractivity contribution in [2.75, 3.05) is 6.54 Å². The highest BCUT2D eigenvalue weighted by molar-refractivity contribution is 5.96. The molecule has 3 aromatic carbocycles. The largest absolute Gasteiger partial charge is 0.347 e. The summed E-state index contributed by atoms with van der Waals surface area (Å²) < 4.78 is 13.2. The van der Waals surface area contributed by atoms with Crippen LogP contribution in [-0.2, 0) is 11.2 Å². The van der Waals surface area contributed by atoms with Gasteiger partial charge in [0, 0.05) is 5.56 Å². The summed E-state index contributed by atoms with van der Waals surface area (Å²) in [5.41, 5.74) is 2.26. The first-order valence-electron chi connectivity index (χ1n) is 9.04. The van der Waals surface area contributed by atoms with E-state index in [1.165, 1.54) is 18.2 Å². The lowest BCUT2D eigenvalue weighted by molar-refractivity contribution is -0.120. The van der Waals surface area contributed by atoms with Crippen LogP contribution in [0.3, 0.4) is 0 Å². The molecule has 0 aliphatic carbocycles. The first-order valence-corrected chi connectivity index (χ1v) is 9.04. The molecular weight excluding hydrogens is 355 g/mol. The van der Waals surface area contributed by atoms with Crippen LogP contribution in [0.15, 0.2) is 84.9 Å². The summed E-state index contributed by atoms with van der Waals surface area (Å²) in [6.45, 7) is -0.187. The van der Waals surface area contributed by atoms with E-state index in [1.54, 1.807) is 0 Å². The van der Waals surface area contributed by atoms with Gasteiger partial charge in [-0.1, -0.05) is 66.7 Å². The van der Waals surface area contributed by atoms with E-state index in [4.69, 9.17) is 0 Å². The van der Waals surface area contributed by atoms with Gasteiger partial charge in [0.2, 0.25) is 5.91 Å². The number of rotatable bonds is 7. The van der Waals surface area contributed by atoms with Crippen molar-refractivity contribution in [2.24, 2.45) is 0 Å². The fourth-order valence-corrected chi connectivity index (χ4v) is 2.93. The van der Waals surface area contributed by atoms with Gasteiger partial charge >= 0.3 is 0 Å². The summed E-state index contributed by atoms with van der Waals surface area (Å²) in [4.78, 5) is 24.5. The van der Waals surface area contributed by atoms with E-state index in [-0.39, 0.29) is 24.1 Å². The van der Waals surface area contributed by atoms with Gasteiger partial charge in [-0.15, -0.1) is 0 Å². The molecule has 4 nitrogen and oxygen atoms in total. The van der Waals surface area contributed by atoms with Crippen LogP contribution in [0.1, 0.15) is 27.5 Å². The Bertz CT molecular complexity index is 930. The number of hydrogen-bond acceptors (Lipinski definition) is 2. The third-order valence-corrected chi connectivity index (χ3v) is 4.32. The molecule has 28 heavy (non-hydrogen) atoms. The van der Waals surface area contributed by atoms with Crippen molar-refractivity contribution in [1.29, 1.82) is 0 Å². The van der Waals surface area contributed by atoms with Crippen LogP contribution >= 0.6 is 0 Å². The SMILES string of the molecule is O=C(CNC(=O)c1cccc(F)c1)NC(Cc1ccccc1)c1ccccc1. The molecule has 3 rings (SSSR count). The minimum absolute atomic E-state index is 0.177. The first-order chi connectivity index (χ1) is 13.6. The molecule has 0 spiro atoms. The summed E-state index contributed by atoms with van der Waals surface area (Å²) in [7, 11) is 0. The van der Waals surface area contributed by atoms with Crippen LogP contribution in [0.25, 0.3) is 0 Å². The average Bonchev–Trinajstić information content (AvgIpc) is 2.73. The number of carbonyl (C=O) groups excluding carboxylic acids is 2. The number of halogens is 1. The smallest absolute Gasteiger partial charge is 0.251 e. The summed E-state index contributed by atoms with van der Waals surface area (Å²) >= 11 is 0. The van der Waals surface area contributed by atoms with Crippen molar-refractivity contribution in [1.82, 2.24) is 10.6 Å². The van der Waals surface area contributed by atoms with Gasteiger partial charge in [-0.25, -0.2) is 4.39 Å². The highest BCUT2D eigenvalue weighted by Crippen LogP contribution is 2.18. The average molecular weight is 376 g/mol. The van der Waals surface area contributed by atoms with Crippen LogP contribution in [0.4, 0.5) is 4.39 Å². The van der Waals surface area contributed by atoms with Gasteiger partial charge in [0.1, 0.15) is 5.82 Å². The Hall–Kier alpha value is -3.47. The lowest BCUT2D eigenvalue weighted by atomic mass is 9.99. The lowest BCUT2D eigenvalue weighted by Gasteiger charge is -2.20. The molecule has 2 amide bonds. The Morgan fingerprint density at radius 1 is 0.857 bits per heavy atom. The zero-order chi connectivity index (χ0) is 19.8. The monoisotopic (exact) mass is 376 g/mol. The van der Waals surface area contributed by atoms with E-state index in [0.717, 1.165) is 17.2 Å². The van der Waals surface area contributed by atoms with Gasteiger partial charge in [-0.05, 0) is 35.7 Å². The minimum atomic E-state index is -0.496. The zero-order valence-electron chi connectivity index (χ0n) is 15.3. The van der Waals surface area contributed by atoms with Gasteiger partial charge < -0.3 is 10.6 Å². The minimum Gasteiger partial charge on any atom is -0.347 e. The molecule has 0 saturated carbocycles. The molecule has 0 bridgehead atoms.